The molecular formula is C50H36N2O2. The second-order valence-corrected chi connectivity index (χ2v) is 13.9. The Balaban J connectivity index is 1.29. The first-order valence-electron chi connectivity index (χ1n) is 18.3. The molecule has 0 fully saturated rings. The van der Waals surface area contributed by atoms with E-state index in [0.717, 1.165) is 56.3 Å². The van der Waals surface area contributed by atoms with Crippen LogP contribution in [0.3, 0.4) is 0 Å². The van der Waals surface area contributed by atoms with E-state index in [2.05, 4.69) is 174 Å². The van der Waals surface area contributed by atoms with Crippen molar-refractivity contribution in [3.63, 3.8) is 0 Å². The van der Waals surface area contributed by atoms with E-state index in [0.29, 0.717) is 0 Å². The summed E-state index contributed by atoms with van der Waals surface area (Å²) in [4.78, 5) is 5.19. The molecule has 0 unspecified atom stereocenters. The summed E-state index contributed by atoms with van der Waals surface area (Å²) in [6, 6.07) is 65.3. The van der Waals surface area contributed by atoms with Crippen molar-refractivity contribution in [1.82, 2.24) is 9.55 Å². The van der Waals surface area contributed by atoms with Crippen molar-refractivity contribution < 1.29 is 9.47 Å². The third kappa shape index (κ3) is 4.80. The van der Waals surface area contributed by atoms with Crippen LogP contribution in [0.5, 0.6) is 11.5 Å². The molecule has 0 bridgehead atoms. The third-order valence-corrected chi connectivity index (χ3v) is 11.1. The fourth-order valence-electron chi connectivity index (χ4n) is 8.65. The van der Waals surface area contributed by atoms with Crippen molar-refractivity contribution >= 4 is 43.4 Å². The molecule has 0 spiro atoms. The molecule has 258 valence electrons. The number of hydrogen-bond acceptors (Lipinski definition) is 3. The first-order valence-corrected chi connectivity index (χ1v) is 18.3. The zero-order chi connectivity index (χ0) is 36.2. The quantitative estimate of drug-likeness (QED) is 0.117. The Morgan fingerprint density at radius 3 is 1.69 bits per heavy atom. The maximum absolute atomic E-state index is 5.70. The number of ether oxygens (including phenoxy) is 2. The maximum Gasteiger partial charge on any atom is 0.145 e. The largest absolute Gasteiger partial charge is 0.497 e. The molecule has 4 nitrogen and oxygen atoms in total. The smallest absolute Gasteiger partial charge is 0.145 e. The van der Waals surface area contributed by atoms with Gasteiger partial charge in [0.1, 0.15) is 17.3 Å². The van der Waals surface area contributed by atoms with Crippen LogP contribution < -0.4 is 9.47 Å². The summed E-state index contributed by atoms with van der Waals surface area (Å²) in [6.07, 6.45) is 0. The van der Waals surface area contributed by atoms with E-state index in [1.807, 2.05) is 12.1 Å². The first-order chi connectivity index (χ1) is 26.7. The normalized spacial score (nSPS) is 11.9. The van der Waals surface area contributed by atoms with E-state index in [9.17, 15) is 0 Å². The minimum Gasteiger partial charge on any atom is -0.497 e. The van der Waals surface area contributed by atoms with E-state index >= 15 is 0 Å². The SMILES string of the molecule is COc1ccc(C(c2ccc(OC)cc2)(c2ccc(-c3nc4ccccc4n3-c3ccccc3)cc2)c2cc3cccc4ccc5cccc2c5c43)cc1. The number of fused-ring (bicyclic) bond motifs is 1. The topological polar surface area (TPSA) is 36.3 Å². The number of hydrogen-bond donors (Lipinski definition) is 0. The number of nitrogens with zero attached hydrogens (tertiary/aromatic N) is 2. The highest BCUT2D eigenvalue weighted by Gasteiger charge is 2.40. The third-order valence-electron chi connectivity index (χ3n) is 11.1. The Bertz CT molecular complexity index is 2880. The molecule has 4 heteroatoms. The lowest BCUT2D eigenvalue weighted by molar-refractivity contribution is 0.414. The zero-order valence-corrected chi connectivity index (χ0v) is 30.0. The lowest BCUT2D eigenvalue weighted by atomic mass is 9.63. The highest BCUT2D eigenvalue weighted by molar-refractivity contribution is 6.24. The number of rotatable bonds is 8. The number of para-hydroxylation sites is 3. The Morgan fingerprint density at radius 2 is 1.04 bits per heavy atom. The van der Waals surface area contributed by atoms with Crippen LogP contribution in [0.4, 0.5) is 0 Å². The molecule has 0 saturated carbocycles. The molecular weight excluding hydrogens is 661 g/mol. The van der Waals surface area contributed by atoms with Gasteiger partial charge in [-0.3, -0.25) is 4.57 Å². The number of imidazole rings is 1. The van der Waals surface area contributed by atoms with Gasteiger partial charge in [0.25, 0.3) is 0 Å². The Labute approximate surface area is 313 Å². The van der Waals surface area contributed by atoms with Gasteiger partial charge < -0.3 is 9.47 Å². The molecule has 54 heavy (non-hydrogen) atoms. The van der Waals surface area contributed by atoms with Crippen LogP contribution in [0.15, 0.2) is 182 Å². The molecule has 0 N–H and O–H groups in total. The van der Waals surface area contributed by atoms with E-state index in [4.69, 9.17) is 14.5 Å². The van der Waals surface area contributed by atoms with Crippen LogP contribution in [-0.2, 0) is 5.41 Å². The summed E-state index contributed by atoms with van der Waals surface area (Å²) < 4.78 is 13.7. The van der Waals surface area contributed by atoms with Crippen molar-refractivity contribution in [2.24, 2.45) is 0 Å². The first kappa shape index (κ1) is 31.8. The second kappa shape index (κ2) is 12.6. The number of aromatic nitrogens is 2. The molecule has 0 atom stereocenters. The lowest BCUT2D eigenvalue weighted by Crippen LogP contribution is -2.31. The minimum absolute atomic E-state index is 0.735. The lowest BCUT2D eigenvalue weighted by Gasteiger charge is -2.38. The van der Waals surface area contributed by atoms with Gasteiger partial charge in [-0.15, -0.1) is 0 Å². The van der Waals surface area contributed by atoms with Crippen molar-refractivity contribution in [3.8, 4) is 28.6 Å². The van der Waals surface area contributed by atoms with Crippen molar-refractivity contribution in [2.75, 3.05) is 14.2 Å². The van der Waals surface area contributed by atoms with Crippen LogP contribution >= 0.6 is 0 Å². The van der Waals surface area contributed by atoms with Gasteiger partial charge in [0.15, 0.2) is 0 Å². The fourth-order valence-corrected chi connectivity index (χ4v) is 8.65. The molecule has 1 aromatic heterocycles. The molecule has 0 aliphatic rings. The van der Waals surface area contributed by atoms with Gasteiger partial charge in [-0.25, -0.2) is 4.98 Å². The molecule has 10 rings (SSSR count). The van der Waals surface area contributed by atoms with E-state index in [1.165, 1.54) is 37.9 Å². The summed E-state index contributed by atoms with van der Waals surface area (Å²) in [5.74, 6) is 2.52. The van der Waals surface area contributed by atoms with Gasteiger partial charge >= 0.3 is 0 Å². The molecule has 1 heterocycles. The van der Waals surface area contributed by atoms with Gasteiger partial charge in [0, 0.05) is 11.3 Å². The molecule has 0 amide bonds. The predicted molar refractivity (Wildman–Crippen MR) is 222 cm³/mol. The molecule has 0 aliphatic heterocycles. The standard InChI is InChI=1S/C50H36N2O2/c1-53-41-28-24-38(25-29-41)50(39-26-30-42(54-2)31-27-39,44-32-36-12-8-10-33-18-19-34-11-9-15-43(44)48(34)47(33)36)37-22-20-35(21-23-37)49-51-45-16-6-7-17-46(45)52(49)40-13-4-3-5-14-40/h3-32H,1-2H3. The van der Waals surface area contributed by atoms with Crippen LogP contribution in [-0.4, -0.2) is 23.8 Å². The van der Waals surface area contributed by atoms with Crippen molar-refractivity contribution in [2.45, 2.75) is 5.41 Å². The highest BCUT2D eigenvalue weighted by atomic mass is 16.5. The fraction of sp³-hybridized carbons (Fsp3) is 0.0600. The van der Waals surface area contributed by atoms with E-state index < -0.39 is 5.41 Å². The van der Waals surface area contributed by atoms with Crippen LogP contribution in [0.25, 0.3) is 60.4 Å². The summed E-state index contributed by atoms with van der Waals surface area (Å²) in [5, 5.41) is 7.48. The number of methoxy groups -OCH3 is 2. The zero-order valence-electron chi connectivity index (χ0n) is 30.0. The monoisotopic (exact) mass is 696 g/mol. The number of benzene rings is 9. The van der Waals surface area contributed by atoms with Gasteiger partial charge in [-0.2, -0.15) is 0 Å². The van der Waals surface area contributed by atoms with Gasteiger partial charge in [-0.1, -0.05) is 127 Å². The van der Waals surface area contributed by atoms with Crippen LogP contribution in [0.1, 0.15) is 22.3 Å². The van der Waals surface area contributed by atoms with Crippen molar-refractivity contribution in [3.05, 3.63) is 204 Å². The van der Waals surface area contributed by atoms with Crippen molar-refractivity contribution in [1.29, 1.82) is 0 Å². The van der Waals surface area contributed by atoms with Gasteiger partial charge in [-0.05, 0) is 109 Å². The average Bonchev–Trinajstić information content (AvgIpc) is 3.64. The van der Waals surface area contributed by atoms with E-state index in [1.54, 1.807) is 14.2 Å². The van der Waals surface area contributed by atoms with Crippen LogP contribution in [0, 0.1) is 0 Å². The molecule has 9 aromatic carbocycles. The molecule has 0 radical (unpaired) electrons. The summed E-state index contributed by atoms with van der Waals surface area (Å²) in [5.41, 5.74) is 8.01. The Kier molecular flexibility index (Phi) is 7.44. The minimum atomic E-state index is -0.735. The van der Waals surface area contributed by atoms with Gasteiger partial charge in [0.05, 0.1) is 30.7 Å². The molecule has 10 aromatic rings. The van der Waals surface area contributed by atoms with Crippen LogP contribution in [0.2, 0.25) is 0 Å². The van der Waals surface area contributed by atoms with E-state index in [-0.39, 0.29) is 0 Å². The highest BCUT2D eigenvalue weighted by Crippen LogP contribution is 2.51. The molecule has 0 aliphatic carbocycles. The van der Waals surface area contributed by atoms with Gasteiger partial charge in [0.2, 0.25) is 0 Å². The maximum atomic E-state index is 5.70. The Hall–Kier alpha value is -6.91. The average molecular weight is 697 g/mol. The second-order valence-electron chi connectivity index (χ2n) is 13.9. The predicted octanol–water partition coefficient (Wildman–Crippen LogP) is 12.0. The Morgan fingerprint density at radius 1 is 0.481 bits per heavy atom. The summed E-state index contributed by atoms with van der Waals surface area (Å²) >= 11 is 0. The summed E-state index contributed by atoms with van der Waals surface area (Å²) in [6.45, 7) is 0. The molecule has 0 saturated heterocycles. The summed E-state index contributed by atoms with van der Waals surface area (Å²) in [7, 11) is 3.43.